The first-order valence-electron chi connectivity index (χ1n) is 3.24. The average Bonchev–Trinajstić information content (AvgIpc) is 2.38. The zero-order chi connectivity index (χ0) is 6.48. The van der Waals surface area contributed by atoms with Crippen molar-refractivity contribution in [3.8, 4) is 0 Å². The van der Waals surface area contributed by atoms with Crippen LogP contribution in [0.15, 0.2) is 0 Å². The number of nitrogens with zero attached hydrogens (tertiary/aromatic N) is 1. The molecule has 0 radical (unpaired) electrons. The molecule has 0 aromatic heterocycles. The maximum absolute atomic E-state index is 10.5. The lowest BCUT2D eigenvalue weighted by molar-refractivity contribution is -0.140. The monoisotopic (exact) mass is 127 g/mol. The second-order valence-corrected chi connectivity index (χ2v) is 2.86. The summed E-state index contributed by atoms with van der Waals surface area (Å²) in [4.78, 5) is 12.5. The summed E-state index contributed by atoms with van der Waals surface area (Å²) in [6.45, 7) is 1.79. The molecule has 1 unspecified atom stereocenters. The zero-order valence-electron chi connectivity index (χ0n) is 5.13. The van der Waals surface area contributed by atoms with Crippen molar-refractivity contribution in [2.24, 2.45) is 0 Å². The first kappa shape index (κ1) is 5.23. The van der Waals surface area contributed by atoms with Crippen molar-refractivity contribution in [3.05, 3.63) is 0 Å². The van der Waals surface area contributed by atoms with Crippen molar-refractivity contribution in [1.29, 1.82) is 0 Å². The lowest BCUT2D eigenvalue weighted by Crippen LogP contribution is -2.24. The lowest BCUT2D eigenvalue weighted by Gasteiger charge is -1.99. The highest BCUT2D eigenvalue weighted by Gasteiger charge is 2.60. The van der Waals surface area contributed by atoms with Gasteiger partial charge in [0, 0.05) is 6.54 Å². The minimum Gasteiger partial charge on any atom is -0.480 e. The Morgan fingerprint density at radius 2 is 2.44 bits per heavy atom. The van der Waals surface area contributed by atoms with Gasteiger partial charge in [0.15, 0.2) is 0 Å². The van der Waals surface area contributed by atoms with E-state index in [2.05, 4.69) is 0 Å². The van der Waals surface area contributed by atoms with Crippen LogP contribution in [0.25, 0.3) is 0 Å². The van der Waals surface area contributed by atoms with Gasteiger partial charge in [0.25, 0.3) is 0 Å². The molecule has 2 aliphatic rings. The van der Waals surface area contributed by atoms with Crippen molar-refractivity contribution in [1.82, 2.24) is 4.90 Å². The molecule has 3 heteroatoms. The minimum absolute atomic E-state index is 0.389. The van der Waals surface area contributed by atoms with E-state index in [1.54, 1.807) is 0 Å². The molecule has 0 spiro atoms. The second kappa shape index (κ2) is 1.29. The molecule has 1 N–H and O–H groups in total. The largest absolute Gasteiger partial charge is 0.480 e. The lowest BCUT2D eigenvalue weighted by atomic mass is 10.1. The molecule has 2 rings (SSSR count). The van der Waals surface area contributed by atoms with Crippen LogP contribution in [-0.4, -0.2) is 34.6 Å². The number of carboxylic acids is 1. The van der Waals surface area contributed by atoms with Gasteiger partial charge in [-0.15, -0.1) is 0 Å². The molecule has 2 atom stereocenters. The van der Waals surface area contributed by atoms with E-state index in [-0.39, 0.29) is 5.54 Å². The molecule has 2 aliphatic heterocycles. The number of fused-ring (bicyclic) bond motifs is 1. The number of rotatable bonds is 1. The Bertz CT molecular complexity index is 168. The Morgan fingerprint density at radius 1 is 1.67 bits per heavy atom. The van der Waals surface area contributed by atoms with Crippen LogP contribution in [0.2, 0.25) is 0 Å². The number of aliphatic carboxylic acids is 1. The predicted molar refractivity (Wildman–Crippen MR) is 31.2 cm³/mol. The van der Waals surface area contributed by atoms with Crippen molar-refractivity contribution in [2.45, 2.75) is 18.4 Å². The highest BCUT2D eigenvalue weighted by atomic mass is 16.4. The molecule has 0 saturated carbocycles. The van der Waals surface area contributed by atoms with E-state index in [4.69, 9.17) is 5.11 Å². The molecule has 0 aromatic carbocycles. The molecule has 0 bridgehead atoms. The summed E-state index contributed by atoms with van der Waals surface area (Å²) < 4.78 is 0. The molecule has 2 saturated heterocycles. The van der Waals surface area contributed by atoms with E-state index in [0.717, 1.165) is 25.9 Å². The third-order valence-corrected chi connectivity index (χ3v) is 2.37. The molecule has 0 aliphatic carbocycles. The standard InChI is InChI=1S/C6H9NO2/c8-5(9)6-2-1-3-7(6)4-6/h1-4H2,(H,8,9)/t6-,7?/m1/s1. The van der Waals surface area contributed by atoms with Gasteiger partial charge in [0.05, 0.1) is 0 Å². The Morgan fingerprint density at radius 3 is 2.67 bits per heavy atom. The van der Waals surface area contributed by atoms with E-state index in [9.17, 15) is 4.79 Å². The van der Waals surface area contributed by atoms with Crippen LogP contribution in [0.3, 0.4) is 0 Å². The van der Waals surface area contributed by atoms with Gasteiger partial charge in [-0.25, -0.2) is 0 Å². The van der Waals surface area contributed by atoms with Crippen molar-refractivity contribution in [2.75, 3.05) is 13.1 Å². The van der Waals surface area contributed by atoms with Crippen LogP contribution < -0.4 is 0 Å². The summed E-state index contributed by atoms with van der Waals surface area (Å²) in [7, 11) is 0. The van der Waals surface area contributed by atoms with Crippen molar-refractivity contribution < 1.29 is 9.90 Å². The molecular formula is C6H9NO2. The molecule has 3 nitrogen and oxygen atoms in total. The van der Waals surface area contributed by atoms with Crippen LogP contribution in [0.4, 0.5) is 0 Å². The first-order valence-corrected chi connectivity index (χ1v) is 3.24. The van der Waals surface area contributed by atoms with E-state index in [1.165, 1.54) is 0 Å². The van der Waals surface area contributed by atoms with E-state index >= 15 is 0 Å². The molecule has 0 aromatic rings. The van der Waals surface area contributed by atoms with Gasteiger partial charge in [-0.05, 0) is 19.4 Å². The van der Waals surface area contributed by atoms with Gasteiger partial charge >= 0.3 is 5.97 Å². The Balaban J connectivity index is 2.19. The number of carboxylic acid groups (broad SMARTS) is 1. The van der Waals surface area contributed by atoms with Gasteiger partial charge in [-0.1, -0.05) is 0 Å². The fraction of sp³-hybridized carbons (Fsp3) is 0.833. The first-order chi connectivity index (χ1) is 4.26. The molecule has 2 heterocycles. The molecule has 9 heavy (non-hydrogen) atoms. The molecular weight excluding hydrogens is 118 g/mol. The summed E-state index contributed by atoms with van der Waals surface area (Å²) in [6, 6.07) is 0. The number of hydrogen-bond acceptors (Lipinski definition) is 2. The quantitative estimate of drug-likeness (QED) is 0.501. The van der Waals surface area contributed by atoms with E-state index < -0.39 is 5.97 Å². The normalized spacial score (nSPS) is 46.4. The fourth-order valence-electron chi connectivity index (χ4n) is 1.68. The Kier molecular flexibility index (Phi) is 0.750. The van der Waals surface area contributed by atoms with E-state index in [1.807, 2.05) is 4.90 Å². The van der Waals surface area contributed by atoms with Crippen LogP contribution in [-0.2, 0) is 4.79 Å². The van der Waals surface area contributed by atoms with Gasteiger partial charge < -0.3 is 5.11 Å². The van der Waals surface area contributed by atoms with Crippen LogP contribution in [0.5, 0.6) is 0 Å². The third-order valence-electron chi connectivity index (χ3n) is 2.37. The highest BCUT2D eigenvalue weighted by molar-refractivity contribution is 5.83. The minimum atomic E-state index is -0.625. The molecule has 0 amide bonds. The Labute approximate surface area is 53.3 Å². The third kappa shape index (κ3) is 0.477. The molecule has 50 valence electrons. The number of piperidine rings is 1. The van der Waals surface area contributed by atoms with Crippen LogP contribution >= 0.6 is 0 Å². The summed E-state index contributed by atoms with van der Waals surface area (Å²) >= 11 is 0. The SMILES string of the molecule is O=C(O)[C@]12CCCN1C2. The summed E-state index contributed by atoms with van der Waals surface area (Å²) in [5.74, 6) is -0.625. The highest BCUT2D eigenvalue weighted by Crippen LogP contribution is 2.42. The smallest absolute Gasteiger partial charge is 0.325 e. The van der Waals surface area contributed by atoms with Gasteiger partial charge in [0.2, 0.25) is 0 Å². The number of carbonyl (C=O) groups is 1. The van der Waals surface area contributed by atoms with Gasteiger partial charge in [-0.3, -0.25) is 9.69 Å². The van der Waals surface area contributed by atoms with Crippen LogP contribution in [0, 0.1) is 0 Å². The average molecular weight is 127 g/mol. The van der Waals surface area contributed by atoms with E-state index in [0.29, 0.717) is 0 Å². The van der Waals surface area contributed by atoms with Gasteiger partial charge in [0.1, 0.15) is 5.54 Å². The van der Waals surface area contributed by atoms with Gasteiger partial charge in [-0.2, -0.15) is 0 Å². The number of hydrogen-bond donors (Lipinski definition) is 1. The van der Waals surface area contributed by atoms with Crippen molar-refractivity contribution >= 4 is 5.97 Å². The van der Waals surface area contributed by atoms with Crippen molar-refractivity contribution in [3.63, 3.8) is 0 Å². The maximum atomic E-state index is 10.5. The zero-order valence-corrected chi connectivity index (χ0v) is 5.13. The topological polar surface area (TPSA) is 40.3 Å². The molecule has 2 fully saturated rings. The maximum Gasteiger partial charge on any atom is 0.325 e. The summed E-state index contributed by atoms with van der Waals surface area (Å²) in [5.41, 5.74) is -0.389. The summed E-state index contributed by atoms with van der Waals surface area (Å²) in [5, 5.41) is 8.67. The summed E-state index contributed by atoms with van der Waals surface area (Å²) in [6.07, 6.45) is 1.93. The second-order valence-electron chi connectivity index (χ2n) is 2.86. The predicted octanol–water partition coefficient (Wildman–Crippen LogP) is -0.0808. The van der Waals surface area contributed by atoms with Crippen LogP contribution in [0.1, 0.15) is 12.8 Å². The fourth-order valence-corrected chi connectivity index (χ4v) is 1.68. The Hall–Kier alpha value is -0.570.